The van der Waals surface area contributed by atoms with Gasteiger partial charge in [0.2, 0.25) is 11.8 Å². The Morgan fingerprint density at radius 2 is 2.09 bits per heavy atom. The second-order valence-electron chi connectivity index (χ2n) is 5.64. The highest BCUT2D eigenvalue weighted by Crippen LogP contribution is 2.37. The molecule has 1 N–H and O–H groups in total. The normalized spacial score (nSPS) is 16.0. The molecule has 0 saturated heterocycles. The molecule has 1 aromatic heterocycles. The van der Waals surface area contributed by atoms with Crippen LogP contribution in [0.4, 0.5) is 11.4 Å². The second-order valence-corrected chi connectivity index (χ2v) is 8.04. The molecule has 1 aromatic carbocycles. The lowest BCUT2D eigenvalue weighted by molar-refractivity contribution is -0.125. The number of benzene rings is 1. The van der Waals surface area contributed by atoms with Gasteiger partial charge in [-0.2, -0.15) is 0 Å². The summed E-state index contributed by atoms with van der Waals surface area (Å²) in [5.41, 5.74) is 0.432. The molecule has 8 heteroatoms. The van der Waals surface area contributed by atoms with E-state index in [1.165, 1.54) is 23.1 Å². The van der Waals surface area contributed by atoms with Crippen LogP contribution in [0.2, 0.25) is 0 Å². The molecule has 1 aliphatic rings. The van der Waals surface area contributed by atoms with E-state index in [0.717, 1.165) is 15.0 Å². The van der Waals surface area contributed by atoms with E-state index in [-0.39, 0.29) is 17.6 Å². The van der Waals surface area contributed by atoms with Crippen molar-refractivity contribution in [3.05, 3.63) is 29.3 Å². The van der Waals surface area contributed by atoms with Gasteiger partial charge in [-0.25, -0.2) is 0 Å². The number of nitrogens with zero attached hydrogens (tertiary/aromatic N) is 3. The third-order valence-electron chi connectivity index (χ3n) is 3.58. The highest BCUT2D eigenvalue weighted by Gasteiger charge is 2.43. The van der Waals surface area contributed by atoms with Gasteiger partial charge in [0.05, 0.1) is 17.1 Å². The Bertz CT molecular complexity index is 772. The fourth-order valence-corrected chi connectivity index (χ4v) is 4.09. The third kappa shape index (κ3) is 2.96. The maximum Gasteiger partial charge on any atom is 0.250 e. The molecule has 0 unspecified atom stereocenters. The summed E-state index contributed by atoms with van der Waals surface area (Å²) in [5, 5.41) is 11.7. The lowest BCUT2D eigenvalue weighted by atomic mass is 9.96. The smallest absolute Gasteiger partial charge is 0.250 e. The number of aromatic nitrogens is 2. The Kier molecular flexibility index (Phi) is 4.11. The standard InChI is InChI=1S/C15H16N4O2S2/c1-9-17-18-14(23-9)22-8-12(20)19-11-7-5-4-6-10(11)16-13(21)15(19,2)3/h4-7H,8H2,1-3H3,(H,16,21). The number of para-hydroxylation sites is 2. The van der Waals surface area contributed by atoms with Crippen molar-refractivity contribution >= 4 is 46.3 Å². The molecule has 0 saturated carbocycles. The average molecular weight is 348 g/mol. The van der Waals surface area contributed by atoms with Crippen LogP contribution >= 0.6 is 23.1 Å². The highest BCUT2D eigenvalue weighted by atomic mass is 32.2. The van der Waals surface area contributed by atoms with E-state index in [2.05, 4.69) is 15.5 Å². The van der Waals surface area contributed by atoms with Gasteiger partial charge in [-0.15, -0.1) is 10.2 Å². The van der Waals surface area contributed by atoms with E-state index in [4.69, 9.17) is 0 Å². The fraction of sp³-hybridized carbons (Fsp3) is 0.333. The zero-order valence-electron chi connectivity index (χ0n) is 13.0. The molecule has 0 bridgehead atoms. The van der Waals surface area contributed by atoms with Gasteiger partial charge in [-0.1, -0.05) is 35.2 Å². The molecule has 6 nitrogen and oxygen atoms in total. The molecule has 0 atom stereocenters. The number of amides is 2. The molecule has 3 rings (SSSR count). The van der Waals surface area contributed by atoms with Crippen LogP contribution in [0.15, 0.2) is 28.6 Å². The van der Waals surface area contributed by atoms with Gasteiger partial charge in [0.25, 0.3) is 0 Å². The summed E-state index contributed by atoms with van der Waals surface area (Å²) in [6.45, 7) is 5.36. The SMILES string of the molecule is Cc1nnc(SCC(=O)N2c3ccccc3NC(=O)C2(C)C)s1. The van der Waals surface area contributed by atoms with E-state index >= 15 is 0 Å². The van der Waals surface area contributed by atoms with Crippen LogP contribution in [-0.2, 0) is 9.59 Å². The van der Waals surface area contributed by atoms with Crippen molar-refractivity contribution in [3.8, 4) is 0 Å². The van der Waals surface area contributed by atoms with Gasteiger partial charge in [0.15, 0.2) is 4.34 Å². The zero-order valence-corrected chi connectivity index (χ0v) is 14.6. The van der Waals surface area contributed by atoms with Crippen LogP contribution in [-0.4, -0.2) is 33.3 Å². The molecule has 120 valence electrons. The summed E-state index contributed by atoms with van der Waals surface area (Å²) >= 11 is 2.79. The molecular formula is C15H16N4O2S2. The van der Waals surface area contributed by atoms with Crippen LogP contribution in [0.25, 0.3) is 0 Å². The van der Waals surface area contributed by atoms with Crippen LogP contribution in [0.3, 0.4) is 0 Å². The Balaban J connectivity index is 1.86. The monoisotopic (exact) mass is 348 g/mol. The van der Waals surface area contributed by atoms with Crippen LogP contribution in [0.1, 0.15) is 18.9 Å². The van der Waals surface area contributed by atoms with Crippen molar-refractivity contribution in [2.45, 2.75) is 30.6 Å². The number of aryl methyl sites for hydroxylation is 1. The fourth-order valence-electron chi connectivity index (χ4n) is 2.42. The lowest BCUT2D eigenvalue weighted by Gasteiger charge is -2.42. The third-order valence-corrected chi connectivity index (χ3v) is 5.54. The van der Waals surface area contributed by atoms with E-state index in [0.29, 0.717) is 5.69 Å². The van der Waals surface area contributed by atoms with Gasteiger partial charge in [-0.05, 0) is 32.9 Å². The molecule has 0 spiro atoms. The van der Waals surface area contributed by atoms with Crippen molar-refractivity contribution in [1.82, 2.24) is 10.2 Å². The van der Waals surface area contributed by atoms with Crippen molar-refractivity contribution in [1.29, 1.82) is 0 Å². The summed E-state index contributed by atoms with van der Waals surface area (Å²) in [7, 11) is 0. The van der Waals surface area contributed by atoms with Crippen LogP contribution in [0.5, 0.6) is 0 Å². The van der Waals surface area contributed by atoms with Gasteiger partial charge in [0.1, 0.15) is 10.5 Å². The van der Waals surface area contributed by atoms with E-state index in [1.807, 2.05) is 25.1 Å². The largest absolute Gasteiger partial charge is 0.322 e. The maximum absolute atomic E-state index is 12.8. The minimum absolute atomic E-state index is 0.129. The number of hydrogen-bond donors (Lipinski definition) is 1. The molecule has 2 heterocycles. The Morgan fingerprint density at radius 3 is 2.78 bits per heavy atom. The average Bonchev–Trinajstić information content (AvgIpc) is 2.91. The number of thioether (sulfide) groups is 1. The number of hydrogen-bond acceptors (Lipinski definition) is 6. The van der Waals surface area contributed by atoms with Gasteiger partial charge >= 0.3 is 0 Å². The second kappa shape index (κ2) is 5.93. The minimum Gasteiger partial charge on any atom is -0.322 e. The van der Waals surface area contributed by atoms with Gasteiger partial charge in [-0.3, -0.25) is 14.5 Å². The predicted molar refractivity (Wildman–Crippen MR) is 92.0 cm³/mol. The molecule has 2 aromatic rings. The predicted octanol–water partition coefficient (Wildman–Crippen LogP) is 2.70. The Hall–Kier alpha value is -1.93. The van der Waals surface area contributed by atoms with Crippen molar-refractivity contribution in [3.63, 3.8) is 0 Å². The molecule has 0 radical (unpaired) electrons. The Labute approximate surface area is 142 Å². The molecule has 0 fully saturated rings. The van der Waals surface area contributed by atoms with E-state index in [9.17, 15) is 9.59 Å². The van der Waals surface area contributed by atoms with Crippen molar-refractivity contribution in [2.24, 2.45) is 0 Å². The summed E-state index contributed by atoms with van der Waals surface area (Å²) in [4.78, 5) is 26.7. The first kappa shape index (κ1) is 15.9. The Morgan fingerprint density at radius 1 is 1.35 bits per heavy atom. The van der Waals surface area contributed by atoms with Crippen LogP contribution < -0.4 is 10.2 Å². The first-order chi connectivity index (χ1) is 10.9. The topological polar surface area (TPSA) is 75.2 Å². The highest BCUT2D eigenvalue weighted by molar-refractivity contribution is 8.01. The number of fused-ring (bicyclic) bond motifs is 1. The molecule has 23 heavy (non-hydrogen) atoms. The first-order valence-corrected chi connectivity index (χ1v) is 8.86. The first-order valence-electron chi connectivity index (χ1n) is 7.06. The summed E-state index contributed by atoms with van der Waals surface area (Å²) in [5.74, 6) is -0.115. The van der Waals surface area contributed by atoms with E-state index in [1.54, 1.807) is 24.8 Å². The summed E-state index contributed by atoms with van der Waals surface area (Å²) in [6, 6.07) is 7.32. The number of carbonyl (C=O) groups is 2. The minimum atomic E-state index is -0.941. The zero-order chi connectivity index (χ0) is 16.6. The number of anilines is 2. The van der Waals surface area contributed by atoms with Crippen molar-refractivity contribution < 1.29 is 9.59 Å². The van der Waals surface area contributed by atoms with Crippen molar-refractivity contribution in [2.75, 3.05) is 16.0 Å². The molecule has 1 aliphatic heterocycles. The number of nitrogens with one attached hydrogen (secondary N) is 1. The summed E-state index contributed by atoms with van der Waals surface area (Å²) in [6.07, 6.45) is 0. The molecular weight excluding hydrogens is 332 g/mol. The quantitative estimate of drug-likeness (QED) is 0.863. The molecule has 2 amide bonds. The lowest BCUT2D eigenvalue weighted by Crippen LogP contribution is -2.58. The maximum atomic E-state index is 12.8. The van der Waals surface area contributed by atoms with Crippen LogP contribution in [0, 0.1) is 6.92 Å². The van der Waals surface area contributed by atoms with Gasteiger partial charge < -0.3 is 5.32 Å². The van der Waals surface area contributed by atoms with Gasteiger partial charge in [0, 0.05) is 0 Å². The number of carbonyl (C=O) groups excluding carboxylic acids is 2. The van der Waals surface area contributed by atoms with E-state index < -0.39 is 5.54 Å². The summed E-state index contributed by atoms with van der Waals surface area (Å²) < 4.78 is 0.753. The number of rotatable bonds is 3. The molecule has 0 aliphatic carbocycles.